The molecule has 1 aliphatic heterocycles. The van der Waals surface area contributed by atoms with E-state index >= 15 is 0 Å². The molecule has 0 aliphatic carbocycles. The number of hydrogen-bond donors (Lipinski definition) is 2. The van der Waals surface area contributed by atoms with Crippen molar-refractivity contribution in [1.29, 1.82) is 0 Å². The van der Waals surface area contributed by atoms with E-state index in [4.69, 9.17) is 16.4 Å². The topological polar surface area (TPSA) is 33.3 Å². The van der Waals surface area contributed by atoms with Crippen molar-refractivity contribution >= 4 is 17.3 Å². The van der Waals surface area contributed by atoms with E-state index < -0.39 is 0 Å². The average Bonchev–Trinajstić information content (AvgIpc) is 2.30. The van der Waals surface area contributed by atoms with Crippen molar-refractivity contribution < 1.29 is 4.84 Å². The molecule has 4 heteroatoms. The summed E-state index contributed by atoms with van der Waals surface area (Å²) < 4.78 is 0. The number of rotatable bonds is 3. The van der Waals surface area contributed by atoms with Crippen molar-refractivity contribution in [1.82, 2.24) is 5.32 Å². The minimum Gasteiger partial charge on any atom is -0.317 e. The summed E-state index contributed by atoms with van der Waals surface area (Å²) in [5, 5.41) is 4.03. The Morgan fingerprint density at radius 3 is 2.53 bits per heavy atom. The first-order chi connectivity index (χ1) is 7.34. The molecular weight excluding hydrogens is 212 g/mol. The van der Waals surface area contributed by atoms with Gasteiger partial charge in [-0.15, -0.1) is 0 Å². The van der Waals surface area contributed by atoms with Crippen LogP contribution in [-0.2, 0) is 4.84 Å². The average molecular weight is 227 g/mol. The molecule has 1 fully saturated rings. The summed E-state index contributed by atoms with van der Waals surface area (Å²) in [6, 6.07) is 7.50. The van der Waals surface area contributed by atoms with Crippen LogP contribution in [0.2, 0.25) is 5.02 Å². The number of nitrogens with one attached hydrogen (secondary N) is 2. The van der Waals surface area contributed by atoms with E-state index in [0.717, 1.165) is 36.6 Å². The van der Waals surface area contributed by atoms with E-state index in [1.807, 2.05) is 24.3 Å². The molecular formula is C11H15ClN2O. The second-order valence-electron chi connectivity index (χ2n) is 3.68. The molecule has 0 radical (unpaired) electrons. The SMILES string of the molecule is Clc1ccc(NOC2CCNCC2)cc1. The number of benzene rings is 1. The Morgan fingerprint density at radius 2 is 1.87 bits per heavy atom. The molecule has 1 aromatic carbocycles. The molecule has 0 spiro atoms. The van der Waals surface area contributed by atoms with Gasteiger partial charge in [-0.2, -0.15) is 0 Å². The van der Waals surface area contributed by atoms with Gasteiger partial charge in [0.1, 0.15) is 0 Å². The van der Waals surface area contributed by atoms with Crippen LogP contribution in [0.25, 0.3) is 0 Å². The molecule has 1 heterocycles. The summed E-state index contributed by atoms with van der Waals surface area (Å²) in [7, 11) is 0. The zero-order chi connectivity index (χ0) is 10.5. The Labute approximate surface area is 94.7 Å². The first-order valence-electron chi connectivity index (χ1n) is 5.22. The Morgan fingerprint density at radius 1 is 1.20 bits per heavy atom. The maximum atomic E-state index is 5.78. The Balaban J connectivity index is 1.79. The van der Waals surface area contributed by atoms with Crippen molar-refractivity contribution in [3.63, 3.8) is 0 Å². The molecule has 0 atom stereocenters. The third-order valence-electron chi connectivity index (χ3n) is 2.47. The van der Waals surface area contributed by atoms with E-state index in [1.165, 1.54) is 0 Å². The van der Waals surface area contributed by atoms with Gasteiger partial charge in [-0.25, -0.2) is 0 Å². The molecule has 1 aliphatic rings. The van der Waals surface area contributed by atoms with Gasteiger partial charge in [0, 0.05) is 5.02 Å². The van der Waals surface area contributed by atoms with Crippen molar-refractivity contribution in [2.45, 2.75) is 18.9 Å². The Hall–Kier alpha value is -0.770. The highest BCUT2D eigenvalue weighted by molar-refractivity contribution is 6.30. The molecule has 0 bridgehead atoms. The van der Waals surface area contributed by atoms with Gasteiger partial charge in [0.2, 0.25) is 0 Å². The lowest BCUT2D eigenvalue weighted by Crippen LogP contribution is -2.33. The quantitative estimate of drug-likeness (QED) is 0.777. The number of piperidine rings is 1. The van der Waals surface area contributed by atoms with Crippen LogP contribution in [0, 0.1) is 0 Å². The lowest BCUT2D eigenvalue weighted by molar-refractivity contribution is 0.0740. The fourth-order valence-electron chi connectivity index (χ4n) is 1.58. The summed E-state index contributed by atoms with van der Waals surface area (Å²) in [5.74, 6) is 0. The second-order valence-corrected chi connectivity index (χ2v) is 4.11. The Kier molecular flexibility index (Phi) is 3.83. The molecule has 0 unspecified atom stereocenters. The number of hydrogen-bond acceptors (Lipinski definition) is 3. The van der Waals surface area contributed by atoms with Crippen molar-refractivity contribution in [3.8, 4) is 0 Å². The van der Waals surface area contributed by atoms with Gasteiger partial charge < -0.3 is 5.32 Å². The predicted octanol–water partition coefficient (Wildman–Crippen LogP) is 2.44. The third kappa shape index (κ3) is 3.38. The minimum absolute atomic E-state index is 0.307. The number of halogens is 1. The predicted molar refractivity (Wildman–Crippen MR) is 62.1 cm³/mol. The highest BCUT2D eigenvalue weighted by Gasteiger charge is 2.13. The summed E-state index contributed by atoms with van der Waals surface area (Å²) in [4.78, 5) is 5.58. The van der Waals surface area contributed by atoms with E-state index in [0.29, 0.717) is 6.10 Å². The van der Waals surface area contributed by atoms with Gasteiger partial charge >= 0.3 is 0 Å². The molecule has 0 amide bonds. The molecule has 15 heavy (non-hydrogen) atoms. The largest absolute Gasteiger partial charge is 0.317 e. The van der Waals surface area contributed by atoms with Crippen LogP contribution in [0.3, 0.4) is 0 Å². The molecule has 1 aromatic rings. The molecule has 3 nitrogen and oxygen atoms in total. The van der Waals surface area contributed by atoms with Crippen LogP contribution in [0.5, 0.6) is 0 Å². The lowest BCUT2D eigenvalue weighted by atomic mass is 10.1. The van der Waals surface area contributed by atoms with Crippen molar-refractivity contribution in [2.24, 2.45) is 0 Å². The van der Waals surface area contributed by atoms with Crippen LogP contribution >= 0.6 is 11.6 Å². The summed E-state index contributed by atoms with van der Waals surface area (Å²) in [6.07, 6.45) is 2.42. The van der Waals surface area contributed by atoms with Gasteiger partial charge in [-0.1, -0.05) is 11.6 Å². The van der Waals surface area contributed by atoms with Gasteiger partial charge in [0.15, 0.2) is 0 Å². The Bertz CT molecular complexity index is 296. The highest BCUT2D eigenvalue weighted by Crippen LogP contribution is 2.15. The van der Waals surface area contributed by atoms with Gasteiger partial charge in [0.05, 0.1) is 11.8 Å². The first kappa shape index (κ1) is 10.7. The molecule has 1 saturated heterocycles. The molecule has 2 N–H and O–H groups in total. The highest BCUT2D eigenvalue weighted by atomic mass is 35.5. The van der Waals surface area contributed by atoms with Crippen LogP contribution in [0.4, 0.5) is 5.69 Å². The van der Waals surface area contributed by atoms with E-state index in [-0.39, 0.29) is 0 Å². The van der Waals surface area contributed by atoms with Crippen LogP contribution < -0.4 is 10.8 Å². The smallest absolute Gasteiger partial charge is 0.0878 e. The summed E-state index contributed by atoms with van der Waals surface area (Å²) in [6.45, 7) is 2.07. The van der Waals surface area contributed by atoms with E-state index in [2.05, 4.69) is 10.8 Å². The van der Waals surface area contributed by atoms with Crippen molar-refractivity contribution in [3.05, 3.63) is 29.3 Å². The second kappa shape index (κ2) is 5.35. The molecule has 82 valence electrons. The van der Waals surface area contributed by atoms with Crippen LogP contribution in [0.15, 0.2) is 24.3 Å². The van der Waals surface area contributed by atoms with Gasteiger partial charge in [-0.05, 0) is 50.2 Å². The third-order valence-corrected chi connectivity index (χ3v) is 2.73. The molecule has 2 rings (SSSR count). The summed E-state index contributed by atoms with van der Waals surface area (Å²) in [5.41, 5.74) is 3.90. The maximum Gasteiger partial charge on any atom is 0.0878 e. The first-order valence-corrected chi connectivity index (χ1v) is 5.60. The van der Waals surface area contributed by atoms with Crippen LogP contribution in [-0.4, -0.2) is 19.2 Å². The zero-order valence-electron chi connectivity index (χ0n) is 8.50. The zero-order valence-corrected chi connectivity index (χ0v) is 9.26. The normalized spacial score (nSPS) is 17.7. The fraction of sp³-hybridized carbons (Fsp3) is 0.455. The fourth-order valence-corrected chi connectivity index (χ4v) is 1.71. The minimum atomic E-state index is 0.307. The van der Waals surface area contributed by atoms with Gasteiger partial charge in [0.25, 0.3) is 0 Å². The van der Waals surface area contributed by atoms with Crippen LogP contribution in [0.1, 0.15) is 12.8 Å². The van der Waals surface area contributed by atoms with E-state index in [9.17, 15) is 0 Å². The summed E-state index contributed by atoms with van der Waals surface area (Å²) >= 11 is 5.78. The number of anilines is 1. The van der Waals surface area contributed by atoms with Crippen molar-refractivity contribution in [2.75, 3.05) is 18.6 Å². The molecule has 0 saturated carbocycles. The monoisotopic (exact) mass is 226 g/mol. The van der Waals surface area contributed by atoms with Gasteiger partial charge in [-0.3, -0.25) is 10.3 Å². The maximum absolute atomic E-state index is 5.78. The van der Waals surface area contributed by atoms with E-state index in [1.54, 1.807) is 0 Å². The lowest BCUT2D eigenvalue weighted by Gasteiger charge is -2.22. The standard InChI is InChI=1S/C11H15ClN2O/c12-9-1-3-10(4-2-9)14-15-11-5-7-13-8-6-11/h1-4,11,13-14H,5-8H2. The molecule has 0 aromatic heterocycles.